The lowest BCUT2D eigenvalue weighted by molar-refractivity contribution is 0.0940. The Morgan fingerprint density at radius 2 is 1.90 bits per heavy atom. The van der Waals surface area contributed by atoms with Crippen LogP contribution in [0.3, 0.4) is 0 Å². The highest BCUT2D eigenvalue weighted by Crippen LogP contribution is 2.15. The number of rotatable bonds is 4. The first-order chi connectivity index (χ1) is 9.58. The average molecular weight is 272 g/mol. The van der Waals surface area contributed by atoms with Crippen molar-refractivity contribution in [3.05, 3.63) is 65.5 Å². The second kappa shape index (κ2) is 6.19. The molecule has 3 N–H and O–H groups in total. The fourth-order valence-corrected chi connectivity index (χ4v) is 2.06. The molecule has 0 heterocycles. The van der Waals surface area contributed by atoms with E-state index in [1.807, 2.05) is 37.3 Å². The lowest BCUT2D eigenvalue weighted by atomic mass is 10.1. The molecule has 0 saturated carbocycles. The lowest BCUT2D eigenvalue weighted by Crippen LogP contribution is -2.34. The summed E-state index contributed by atoms with van der Waals surface area (Å²) in [5, 5.41) is 2.83. The maximum absolute atomic E-state index is 13.3. The number of hydrogen-bond donors (Lipinski definition) is 2. The summed E-state index contributed by atoms with van der Waals surface area (Å²) in [7, 11) is 0. The molecule has 0 aromatic heterocycles. The molecule has 1 unspecified atom stereocenters. The molecule has 0 aliphatic rings. The van der Waals surface area contributed by atoms with Crippen LogP contribution in [-0.2, 0) is 6.42 Å². The van der Waals surface area contributed by atoms with Crippen LogP contribution in [0.2, 0.25) is 0 Å². The van der Waals surface area contributed by atoms with Crippen LogP contribution in [0, 0.1) is 5.82 Å². The number of benzene rings is 2. The molecule has 1 atom stereocenters. The second-order valence-electron chi connectivity index (χ2n) is 4.77. The summed E-state index contributed by atoms with van der Waals surface area (Å²) < 4.78 is 13.3. The molecule has 20 heavy (non-hydrogen) atoms. The monoisotopic (exact) mass is 272 g/mol. The molecule has 0 saturated heterocycles. The Balaban J connectivity index is 2.02. The summed E-state index contributed by atoms with van der Waals surface area (Å²) in [6.07, 6.45) is 0.710. The molecular weight excluding hydrogens is 255 g/mol. The fraction of sp³-hybridized carbons (Fsp3) is 0.188. The van der Waals surface area contributed by atoms with Crippen LogP contribution >= 0.6 is 0 Å². The zero-order valence-corrected chi connectivity index (χ0v) is 11.3. The van der Waals surface area contributed by atoms with Gasteiger partial charge in [-0.1, -0.05) is 36.4 Å². The Bertz CT molecular complexity index is 599. The number of halogens is 1. The van der Waals surface area contributed by atoms with Gasteiger partial charge in [0.25, 0.3) is 5.91 Å². The summed E-state index contributed by atoms with van der Waals surface area (Å²) in [6.45, 7) is 1.90. The summed E-state index contributed by atoms with van der Waals surface area (Å²) >= 11 is 0. The highest BCUT2D eigenvalue weighted by molar-refractivity contribution is 5.99. The van der Waals surface area contributed by atoms with Crippen molar-refractivity contribution in [2.24, 2.45) is 0 Å². The first-order valence-electron chi connectivity index (χ1n) is 6.46. The molecule has 3 nitrogen and oxygen atoms in total. The Morgan fingerprint density at radius 3 is 2.60 bits per heavy atom. The quantitative estimate of drug-likeness (QED) is 0.841. The molecule has 1 amide bonds. The zero-order chi connectivity index (χ0) is 14.5. The number of carbonyl (C=O) groups is 1. The standard InChI is InChI=1S/C16H17FN2O/c1-11(10-12-6-3-2-4-7-12)19-16(20)13-8-5-9-14(17)15(13)18/h2-9,11H,10,18H2,1H3,(H,19,20). The molecule has 4 heteroatoms. The molecule has 2 rings (SSSR count). The van der Waals surface area contributed by atoms with E-state index in [1.54, 1.807) is 0 Å². The molecule has 0 aliphatic carbocycles. The van der Waals surface area contributed by atoms with Gasteiger partial charge in [0.05, 0.1) is 11.3 Å². The number of anilines is 1. The van der Waals surface area contributed by atoms with Crippen LogP contribution in [0.4, 0.5) is 10.1 Å². The van der Waals surface area contributed by atoms with Gasteiger partial charge in [-0.2, -0.15) is 0 Å². The highest BCUT2D eigenvalue weighted by Gasteiger charge is 2.14. The van der Waals surface area contributed by atoms with Crippen LogP contribution in [0.15, 0.2) is 48.5 Å². The summed E-state index contributed by atoms with van der Waals surface area (Å²) in [4.78, 5) is 12.1. The van der Waals surface area contributed by atoms with Crippen molar-refractivity contribution >= 4 is 11.6 Å². The van der Waals surface area contributed by atoms with Gasteiger partial charge in [0.2, 0.25) is 0 Å². The number of para-hydroxylation sites is 1. The lowest BCUT2D eigenvalue weighted by Gasteiger charge is -2.15. The molecule has 0 fully saturated rings. The maximum Gasteiger partial charge on any atom is 0.253 e. The van der Waals surface area contributed by atoms with Gasteiger partial charge in [-0.05, 0) is 31.0 Å². The Morgan fingerprint density at radius 1 is 1.20 bits per heavy atom. The third-order valence-corrected chi connectivity index (χ3v) is 3.06. The second-order valence-corrected chi connectivity index (χ2v) is 4.77. The van der Waals surface area contributed by atoms with Crippen molar-refractivity contribution in [3.8, 4) is 0 Å². The number of carbonyl (C=O) groups excluding carboxylic acids is 1. The summed E-state index contributed by atoms with van der Waals surface area (Å²) in [6, 6.07) is 14.0. The van der Waals surface area contributed by atoms with Gasteiger partial charge >= 0.3 is 0 Å². The number of nitrogens with one attached hydrogen (secondary N) is 1. The van der Waals surface area contributed by atoms with E-state index in [2.05, 4.69) is 5.32 Å². The van der Waals surface area contributed by atoms with Crippen molar-refractivity contribution in [1.29, 1.82) is 0 Å². The van der Waals surface area contributed by atoms with Crippen molar-refractivity contribution < 1.29 is 9.18 Å². The first kappa shape index (κ1) is 14.1. The van der Waals surface area contributed by atoms with E-state index in [9.17, 15) is 9.18 Å². The summed E-state index contributed by atoms with van der Waals surface area (Å²) in [5.74, 6) is -0.932. The molecule has 0 spiro atoms. The molecule has 104 valence electrons. The van der Waals surface area contributed by atoms with Crippen molar-refractivity contribution in [2.75, 3.05) is 5.73 Å². The number of nitrogens with two attached hydrogens (primary N) is 1. The van der Waals surface area contributed by atoms with Gasteiger partial charge in [0.15, 0.2) is 0 Å². The third kappa shape index (κ3) is 3.35. The summed E-state index contributed by atoms with van der Waals surface area (Å²) in [5.41, 5.74) is 6.77. The minimum Gasteiger partial charge on any atom is -0.396 e. The van der Waals surface area contributed by atoms with E-state index in [0.29, 0.717) is 6.42 Å². The minimum atomic E-state index is -0.576. The van der Waals surface area contributed by atoms with Gasteiger partial charge in [0.1, 0.15) is 5.82 Å². The molecular formula is C16H17FN2O. The average Bonchev–Trinajstić information content (AvgIpc) is 2.42. The maximum atomic E-state index is 13.3. The topological polar surface area (TPSA) is 55.1 Å². The van der Waals surface area contributed by atoms with Crippen LogP contribution in [0.1, 0.15) is 22.8 Å². The Kier molecular flexibility index (Phi) is 4.35. The molecule has 0 bridgehead atoms. The Labute approximate surface area is 117 Å². The molecule has 2 aromatic rings. The van der Waals surface area contributed by atoms with Crippen molar-refractivity contribution in [3.63, 3.8) is 0 Å². The Hall–Kier alpha value is -2.36. The van der Waals surface area contributed by atoms with Crippen molar-refractivity contribution in [1.82, 2.24) is 5.32 Å². The van der Waals surface area contributed by atoms with Crippen LogP contribution < -0.4 is 11.1 Å². The number of hydrogen-bond acceptors (Lipinski definition) is 2. The highest BCUT2D eigenvalue weighted by atomic mass is 19.1. The molecule has 0 aliphatic heterocycles. The zero-order valence-electron chi connectivity index (χ0n) is 11.3. The van der Waals surface area contributed by atoms with Crippen LogP contribution in [0.5, 0.6) is 0 Å². The molecule has 0 radical (unpaired) electrons. The van der Waals surface area contributed by atoms with Crippen molar-refractivity contribution in [2.45, 2.75) is 19.4 Å². The predicted molar refractivity (Wildman–Crippen MR) is 77.9 cm³/mol. The fourth-order valence-electron chi connectivity index (χ4n) is 2.06. The van der Waals surface area contributed by atoms with E-state index >= 15 is 0 Å². The first-order valence-corrected chi connectivity index (χ1v) is 6.46. The molecule has 2 aromatic carbocycles. The third-order valence-electron chi connectivity index (χ3n) is 3.06. The van der Waals surface area contributed by atoms with Gasteiger partial charge in [-0.3, -0.25) is 4.79 Å². The van der Waals surface area contributed by atoms with Crippen LogP contribution in [0.25, 0.3) is 0 Å². The normalized spacial score (nSPS) is 11.9. The smallest absolute Gasteiger partial charge is 0.253 e. The minimum absolute atomic E-state index is 0.0624. The van der Waals surface area contributed by atoms with E-state index in [1.165, 1.54) is 18.2 Å². The number of nitrogen functional groups attached to an aromatic ring is 1. The SMILES string of the molecule is CC(Cc1ccccc1)NC(=O)c1cccc(F)c1N. The van der Waals surface area contributed by atoms with Gasteiger partial charge in [-0.15, -0.1) is 0 Å². The van der Waals surface area contributed by atoms with Gasteiger partial charge in [0, 0.05) is 6.04 Å². The number of amides is 1. The van der Waals surface area contributed by atoms with Gasteiger partial charge in [-0.25, -0.2) is 4.39 Å². The van der Waals surface area contributed by atoms with Gasteiger partial charge < -0.3 is 11.1 Å². The van der Waals surface area contributed by atoms with Crippen LogP contribution in [-0.4, -0.2) is 11.9 Å². The van der Waals surface area contributed by atoms with E-state index in [-0.39, 0.29) is 23.2 Å². The van der Waals surface area contributed by atoms with E-state index in [0.717, 1.165) is 5.56 Å². The largest absolute Gasteiger partial charge is 0.396 e. The predicted octanol–water partition coefficient (Wildman–Crippen LogP) is 2.77. The van der Waals surface area contributed by atoms with E-state index in [4.69, 9.17) is 5.73 Å². The van der Waals surface area contributed by atoms with E-state index < -0.39 is 5.82 Å².